The number of aliphatic imine (C=N–C) groups is 1. The van der Waals surface area contributed by atoms with E-state index in [1.807, 2.05) is 24.3 Å². The van der Waals surface area contributed by atoms with Crippen molar-refractivity contribution in [1.82, 2.24) is 9.97 Å². The lowest BCUT2D eigenvalue weighted by molar-refractivity contribution is 0.0526. The lowest BCUT2D eigenvalue weighted by Gasteiger charge is -2.11. The van der Waals surface area contributed by atoms with E-state index in [2.05, 4.69) is 25.6 Å². The van der Waals surface area contributed by atoms with E-state index in [-0.39, 0.29) is 0 Å². The number of carbonyl (C=O) groups excluding carboxylic acids is 1. The molecule has 29 heavy (non-hydrogen) atoms. The fraction of sp³-hybridized carbons (Fsp3) is 0.143. The van der Waals surface area contributed by atoms with Crippen LogP contribution < -0.4 is 10.6 Å². The van der Waals surface area contributed by atoms with Crippen molar-refractivity contribution in [3.05, 3.63) is 70.9 Å². The van der Waals surface area contributed by atoms with Crippen LogP contribution in [-0.4, -0.2) is 35.8 Å². The molecule has 148 valence electrons. The molecular formula is C21H20ClN5O2. The average Bonchev–Trinajstić information content (AvgIpc) is 2.72. The third kappa shape index (κ3) is 5.52. The molecule has 0 aliphatic heterocycles. The molecule has 0 aliphatic carbocycles. The molecule has 0 amide bonds. The van der Waals surface area contributed by atoms with Gasteiger partial charge in [-0.15, -0.1) is 0 Å². The molecule has 3 rings (SSSR count). The van der Waals surface area contributed by atoms with E-state index < -0.39 is 5.97 Å². The largest absolute Gasteiger partial charge is 0.462 e. The quantitative estimate of drug-likeness (QED) is 0.428. The van der Waals surface area contributed by atoms with E-state index in [0.717, 1.165) is 11.3 Å². The van der Waals surface area contributed by atoms with E-state index in [1.165, 1.54) is 0 Å². The Morgan fingerprint density at radius 2 is 1.97 bits per heavy atom. The number of ether oxygens (including phenoxy) is 1. The Balaban J connectivity index is 1.72. The number of nitrogens with zero attached hydrogens (tertiary/aromatic N) is 3. The molecule has 8 heteroatoms. The van der Waals surface area contributed by atoms with Gasteiger partial charge in [0.25, 0.3) is 0 Å². The molecule has 0 saturated heterocycles. The second-order valence-corrected chi connectivity index (χ2v) is 6.35. The van der Waals surface area contributed by atoms with Crippen molar-refractivity contribution >= 4 is 46.9 Å². The molecular weight excluding hydrogens is 390 g/mol. The number of esters is 1. The summed E-state index contributed by atoms with van der Waals surface area (Å²) in [5.41, 5.74) is 2.87. The molecule has 2 aromatic carbocycles. The first-order chi connectivity index (χ1) is 14.1. The second-order valence-electron chi connectivity index (χ2n) is 5.94. The van der Waals surface area contributed by atoms with Crippen LogP contribution in [0.4, 0.5) is 23.1 Å². The van der Waals surface area contributed by atoms with Crippen molar-refractivity contribution < 1.29 is 9.53 Å². The van der Waals surface area contributed by atoms with Crippen LogP contribution in [0.1, 0.15) is 22.8 Å². The first kappa shape index (κ1) is 20.3. The standard InChI is InChI=1S/C21H20ClN5O2/c1-3-29-20(28)15-6-9-18(17(22)12-15)26-19-10-11-24-21(27-19)25-16-7-4-14(5-8-16)13-23-2/h4-13H,3H2,1-2H3,(H2,24,25,26,27)/b23-13+. The molecule has 0 unspecified atom stereocenters. The Morgan fingerprint density at radius 3 is 2.66 bits per heavy atom. The smallest absolute Gasteiger partial charge is 0.338 e. The normalized spacial score (nSPS) is 10.7. The highest BCUT2D eigenvalue weighted by Gasteiger charge is 2.10. The summed E-state index contributed by atoms with van der Waals surface area (Å²) in [6.45, 7) is 2.06. The summed E-state index contributed by atoms with van der Waals surface area (Å²) in [7, 11) is 1.73. The molecule has 0 atom stereocenters. The number of anilines is 4. The molecule has 2 N–H and O–H groups in total. The zero-order valence-electron chi connectivity index (χ0n) is 16.0. The Kier molecular flexibility index (Phi) is 6.76. The molecule has 0 bridgehead atoms. The molecule has 0 radical (unpaired) electrons. The maximum atomic E-state index is 11.8. The number of carbonyl (C=O) groups is 1. The van der Waals surface area contributed by atoms with Crippen LogP contribution in [0, 0.1) is 0 Å². The highest BCUT2D eigenvalue weighted by molar-refractivity contribution is 6.33. The van der Waals surface area contributed by atoms with Gasteiger partial charge in [0, 0.05) is 25.1 Å². The number of nitrogens with one attached hydrogen (secondary N) is 2. The number of aromatic nitrogens is 2. The summed E-state index contributed by atoms with van der Waals surface area (Å²) in [6, 6.07) is 14.4. The Labute approximate surface area is 173 Å². The zero-order valence-corrected chi connectivity index (χ0v) is 16.8. The van der Waals surface area contributed by atoms with Crippen molar-refractivity contribution in [1.29, 1.82) is 0 Å². The number of benzene rings is 2. The molecule has 0 fully saturated rings. The molecule has 0 spiro atoms. The summed E-state index contributed by atoms with van der Waals surface area (Å²) in [6.07, 6.45) is 3.42. The first-order valence-electron chi connectivity index (χ1n) is 8.95. The maximum Gasteiger partial charge on any atom is 0.338 e. The highest BCUT2D eigenvalue weighted by Crippen LogP contribution is 2.26. The van der Waals surface area contributed by atoms with Gasteiger partial charge in [0.05, 0.1) is 22.9 Å². The number of hydrogen-bond donors (Lipinski definition) is 2. The van der Waals surface area contributed by atoms with Crippen molar-refractivity contribution in [2.24, 2.45) is 4.99 Å². The van der Waals surface area contributed by atoms with E-state index in [4.69, 9.17) is 16.3 Å². The Hall–Kier alpha value is -3.45. The average molecular weight is 410 g/mol. The molecule has 0 saturated carbocycles. The lowest BCUT2D eigenvalue weighted by atomic mass is 10.2. The van der Waals surface area contributed by atoms with Gasteiger partial charge in [-0.3, -0.25) is 4.99 Å². The van der Waals surface area contributed by atoms with Crippen LogP contribution in [-0.2, 0) is 4.74 Å². The van der Waals surface area contributed by atoms with Crippen LogP contribution in [0.15, 0.2) is 59.7 Å². The van der Waals surface area contributed by atoms with Gasteiger partial charge in [0.15, 0.2) is 0 Å². The van der Waals surface area contributed by atoms with Crippen LogP contribution in [0.2, 0.25) is 5.02 Å². The van der Waals surface area contributed by atoms with Crippen molar-refractivity contribution in [3.8, 4) is 0 Å². The molecule has 7 nitrogen and oxygen atoms in total. The minimum atomic E-state index is -0.411. The molecule has 0 aliphatic rings. The van der Waals surface area contributed by atoms with E-state index in [0.29, 0.717) is 34.6 Å². The fourth-order valence-corrected chi connectivity index (χ4v) is 2.74. The van der Waals surface area contributed by atoms with Crippen LogP contribution in [0.25, 0.3) is 0 Å². The van der Waals surface area contributed by atoms with E-state index in [9.17, 15) is 4.79 Å². The summed E-state index contributed by atoms with van der Waals surface area (Å²) in [5.74, 6) is 0.583. The van der Waals surface area contributed by atoms with Crippen molar-refractivity contribution in [2.45, 2.75) is 6.92 Å². The van der Waals surface area contributed by atoms with Crippen molar-refractivity contribution in [3.63, 3.8) is 0 Å². The third-order valence-electron chi connectivity index (χ3n) is 3.84. The van der Waals surface area contributed by atoms with E-state index >= 15 is 0 Å². The Bertz CT molecular complexity index is 1020. The zero-order chi connectivity index (χ0) is 20.6. The van der Waals surface area contributed by atoms with Gasteiger partial charge >= 0.3 is 5.97 Å². The maximum absolute atomic E-state index is 11.8. The number of rotatable bonds is 7. The van der Waals surface area contributed by atoms with Crippen molar-refractivity contribution in [2.75, 3.05) is 24.3 Å². The minimum absolute atomic E-state index is 0.308. The third-order valence-corrected chi connectivity index (χ3v) is 4.16. The van der Waals surface area contributed by atoms with Crippen LogP contribution in [0.3, 0.4) is 0 Å². The van der Waals surface area contributed by atoms with Gasteiger partial charge < -0.3 is 15.4 Å². The van der Waals surface area contributed by atoms with E-state index in [1.54, 1.807) is 50.6 Å². The monoisotopic (exact) mass is 409 g/mol. The van der Waals surface area contributed by atoms with Gasteiger partial charge in [-0.1, -0.05) is 23.7 Å². The summed E-state index contributed by atoms with van der Waals surface area (Å²) < 4.78 is 4.98. The molecule has 1 heterocycles. The predicted molar refractivity (Wildman–Crippen MR) is 116 cm³/mol. The molecule has 3 aromatic rings. The van der Waals surface area contributed by atoms with Crippen LogP contribution in [0.5, 0.6) is 0 Å². The summed E-state index contributed by atoms with van der Waals surface area (Å²) in [5, 5.41) is 6.67. The minimum Gasteiger partial charge on any atom is -0.462 e. The van der Waals surface area contributed by atoms with Gasteiger partial charge in [-0.25, -0.2) is 9.78 Å². The van der Waals surface area contributed by atoms with Gasteiger partial charge in [0.2, 0.25) is 5.95 Å². The predicted octanol–water partition coefficient (Wildman–Crippen LogP) is 4.84. The van der Waals surface area contributed by atoms with Gasteiger partial charge in [0.1, 0.15) is 5.82 Å². The second kappa shape index (κ2) is 9.66. The SMILES string of the molecule is CCOC(=O)c1ccc(Nc2ccnc(Nc3ccc(/C=N/C)cc3)n2)c(Cl)c1. The van der Waals surface area contributed by atoms with Gasteiger partial charge in [-0.05, 0) is 48.9 Å². The highest BCUT2D eigenvalue weighted by atomic mass is 35.5. The summed E-state index contributed by atoms with van der Waals surface area (Å²) in [4.78, 5) is 24.5. The number of hydrogen-bond acceptors (Lipinski definition) is 7. The first-order valence-corrected chi connectivity index (χ1v) is 9.33. The van der Waals surface area contributed by atoms with Crippen LogP contribution >= 0.6 is 11.6 Å². The summed E-state index contributed by atoms with van der Waals surface area (Å²) >= 11 is 6.29. The Morgan fingerprint density at radius 1 is 1.17 bits per heavy atom. The lowest BCUT2D eigenvalue weighted by Crippen LogP contribution is -2.05. The topological polar surface area (TPSA) is 88.5 Å². The van der Waals surface area contributed by atoms with Gasteiger partial charge in [-0.2, -0.15) is 4.98 Å². The molecule has 1 aromatic heterocycles. The fourth-order valence-electron chi connectivity index (χ4n) is 2.52. The number of halogens is 1.